The zero-order valence-electron chi connectivity index (χ0n) is 36.9. The summed E-state index contributed by atoms with van der Waals surface area (Å²) < 4.78 is 49.2. The molecule has 1 aromatic heterocycles. The third kappa shape index (κ3) is 9.39. The molecule has 16 nitrogen and oxygen atoms in total. The zero-order valence-corrected chi connectivity index (χ0v) is 36.9. The van der Waals surface area contributed by atoms with Crippen molar-refractivity contribution in [1.82, 2.24) is 24.8 Å². The van der Waals surface area contributed by atoms with Gasteiger partial charge in [-0.1, -0.05) is 45.0 Å². The van der Waals surface area contributed by atoms with E-state index in [1.54, 1.807) is 45.4 Å². The summed E-state index contributed by atoms with van der Waals surface area (Å²) in [6, 6.07) is 6.02. The standard InChI is InChI=1S/C43H65FN6O10/c1-12-32-43(8)35(50(40(55)60-43)19-14-13-18-49-23-30(46-47-49)28-16-15-17-29(45)21-28)26(4)33(51)24(2)22-41(6,56-11)37(27(5)36(53)42(7,44)39(54)58-32)59-38-34(52)31(48(9)10)20-25(3)57-38/h15-17,21,23-27,31-32,34-35,37-38,52H,12-14,18-20,22,45H2,1-11H3/t24-,25?,26+,27+,31?,32?,34?,35?,37-,38?,41+,42+,43-/m1/s1. The molecule has 3 aliphatic heterocycles. The van der Waals surface area contributed by atoms with Gasteiger partial charge in [0, 0.05) is 55.2 Å². The number of nitrogen functional groups attached to an aromatic ring is 1. The number of anilines is 1. The van der Waals surface area contributed by atoms with Crippen molar-refractivity contribution in [3.63, 3.8) is 0 Å². The predicted octanol–water partition coefficient (Wildman–Crippen LogP) is 4.60. The molecule has 3 N–H and O–H groups in total. The minimum atomic E-state index is -3.19. The Bertz CT molecular complexity index is 1860. The fraction of sp³-hybridized carbons (Fsp3) is 0.721. The molecule has 0 bridgehead atoms. The van der Waals surface area contributed by atoms with E-state index in [4.69, 9.17) is 29.4 Å². The second kappa shape index (κ2) is 18.5. The van der Waals surface area contributed by atoms with Crippen LogP contribution in [-0.4, -0.2) is 141 Å². The van der Waals surface area contributed by atoms with Crippen molar-refractivity contribution in [1.29, 1.82) is 0 Å². The van der Waals surface area contributed by atoms with E-state index in [0.29, 0.717) is 37.2 Å². The van der Waals surface area contributed by atoms with Crippen molar-refractivity contribution in [3.05, 3.63) is 30.5 Å². The Morgan fingerprint density at radius 2 is 1.73 bits per heavy atom. The van der Waals surface area contributed by atoms with Gasteiger partial charge in [0.05, 0.1) is 30.0 Å². The number of amides is 1. The highest BCUT2D eigenvalue weighted by atomic mass is 19.1. The summed E-state index contributed by atoms with van der Waals surface area (Å²) in [5.74, 6) is -5.85. The van der Waals surface area contributed by atoms with Crippen molar-refractivity contribution in [2.45, 2.75) is 154 Å². The molecule has 2 aromatic rings. The number of hydrogen-bond donors (Lipinski definition) is 2. The maximum Gasteiger partial charge on any atom is 0.410 e. The number of fused-ring (bicyclic) bond motifs is 1. The van der Waals surface area contributed by atoms with E-state index >= 15 is 4.39 Å². The Kier molecular flexibility index (Phi) is 14.5. The number of esters is 1. The van der Waals surface area contributed by atoms with E-state index in [1.807, 2.05) is 50.3 Å². The molecule has 4 heterocycles. The van der Waals surface area contributed by atoms with Crippen molar-refractivity contribution in [3.8, 4) is 11.3 Å². The lowest BCUT2D eigenvalue weighted by Crippen LogP contribution is -2.61. The van der Waals surface area contributed by atoms with Crippen LogP contribution in [0.4, 0.5) is 14.9 Å². The number of benzene rings is 1. The Labute approximate surface area is 352 Å². The number of alkyl halides is 1. The monoisotopic (exact) mass is 844 g/mol. The number of ketones is 2. The van der Waals surface area contributed by atoms with E-state index in [1.165, 1.54) is 18.9 Å². The summed E-state index contributed by atoms with van der Waals surface area (Å²) >= 11 is 0. The molecular weight excluding hydrogens is 780 g/mol. The minimum absolute atomic E-state index is 0.0111. The highest BCUT2D eigenvalue weighted by molar-refractivity contribution is 6.08. The molecule has 0 radical (unpaired) electrons. The third-order valence-corrected chi connectivity index (χ3v) is 12.9. The van der Waals surface area contributed by atoms with Gasteiger partial charge in [-0.15, -0.1) is 5.10 Å². The molecule has 3 fully saturated rings. The number of methoxy groups -OCH3 is 1. The molecular formula is C43H65FN6O10. The first-order valence-electron chi connectivity index (χ1n) is 21.0. The average Bonchev–Trinajstić information content (AvgIpc) is 3.78. The molecule has 1 amide bonds. The van der Waals surface area contributed by atoms with Gasteiger partial charge in [-0.2, -0.15) is 0 Å². The Morgan fingerprint density at radius 1 is 1.05 bits per heavy atom. The molecule has 13 atom stereocenters. The Hall–Kier alpha value is -4.03. The Balaban J connectivity index is 1.45. The van der Waals surface area contributed by atoms with Gasteiger partial charge < -0.3 is 44.3 Å². The first-order valence-corrected chi connectivity index (χ1v) is 21.0. The van der Waals surface area contributed by atoms with Gasteiger partial charge in [-0.25, -0.2) is 14.0 Å². The summed E-state index contributed by atoms with van der Waals surface area (Å²) in [5, 5.41) is 19.9. The molecule has 6 unspecified atom stereocenters. The number of Topliss-reactive ketones (excluding diaryl/α,β-unsaturated/α-hetero) is 2. The first kappa shape index (κ1) is 47.0. The van der Waals surface area contributed by atoms with Crippen molar-refractivity contribution >= 4 is 29.3 Å². The van der Waals surface area contributed by atoms with Crippen LogP contribution in [0.5, 0.6) is 0 Å². The molecule has 3 aliphatic rings. The van der Waals surface area contributed by atoms with Crippen LogP contribution in [0.2, 0.25) is 0 Å². The molecule has 0 saturated carbocycles. The quantitative estimate of drug-likeness (QED) is 0.138. The number of cyclic esters (lactones) is 1. The molecule has 0 spiro atoms. The molecule has 334 valence electrons. The maximum absolute atomic E-state index is 16.9. The number of halogens is 1. The van der Waals surface area contributed by atoms with Gasteiger partial charge in [0.25, 0.3) is 5.67 Å². The maximum atomic E-state index is 16.9. The molecule has 3 saturated heterocycles. The van der Waals surface area contributed by atoms with Crippen LogP contribution in [0.3, 0.4) is 0 Å². The van der Waals surface area contributed by atoms with Crippen molar-refractivity contribution in [2.24, 2.45) is 17.8 Å². The van der Waals surface area contributed by atoms with Crippen LogP contribution in [0, 0.1) is 17.8 Å². The number of aliphatic hydroxyl groups excluding tert-OH is 1. The van der Waals surface area contributed by atoms with E-state index in [2.05, 4.69) is 10.3 Å². The Morgan fingerprint density at radius 3 is 2.37 bits per heavy atom. The number of unbranched alkanes of at least 4 members (excludes halogenated alkanes) is 1. The largest absolute Gasteiger partial charge is 0.455 e. The first-order chi connectivity index (χ1) is 28.1. The van der Waals surface area contributed by atoms with Crippen molar-refractivity contribution in [2.75, 3.05) is 33.5 Å². The minimum Gasteiger partial charge on any atom is -0.455 e. The van der Waals surface area contributed by atoms with Crippen LogP contribution < -0.4 is 5.73 Å². The number of hydrogen-bond acceptors (Lipinski definition) is 14. The highest BCUT2D eigenvalue weighted by Gasteiger charge is 2.61. The lowest BCUT2D eigenvalue weighted by molar-refractivity contribution is -0.295. The third-order valence-electron chi connectivity index (χ3n) is 12.9. The number of nitrogens with two attached hydrogens (primary N) is 1. The van der Waals surface area contributed by atoms with Gasteiger partial charge in [0.15, 0.2) is 17.7 Å². The van der Waals surface area contributed by atoms with Crippen LogP contribution in [0.25, 0.3) is 11.3 Å². The summed E-state index contributed by atoms with van der Waals surface area (Å²) in [6.07, 6.45) is -2.57. The molecule has 5 rings (SSSR count). The van der Waals surface area contributed by atoms with Gasteiger partial charge in [-0.05, 0) is 86.0 Å². The summed E-state index contributed by atoms with van der Waals surface area (Å²) in [6.45, 7) is 13.1. The number of ether oxygens (including phenoxy) is 5. The average molecular weight is 845 g/mol. The van der Waals surface area contributed by atoms with Gasteiger partial charge in [-0.3, -0.25) is 14.3 Å². The SMILES string of the molecule is CCC1OC(=O)[C@@](C)(F)C(=O)[C@H](C)[C@@H](OC2OC(C)CC(N(C)C)C2O)[C@@](C)(OC)C[C@@H](C)C(=O)[C@H](C)C2N(CCCCn3cc(-c4cccc(N)c4)nn3)C(=O)O[C@]12C. The van der Waals surface area contributed by atoms with Gasteiger partial charge in [0.2, 0.25) is 0 Å². The molecule has 1 aromatic carbocycles. The molecule has 60 heavy (non-hydrogen) atoms. The van der Waals surface area contributed by atoms with E-state index < -0.39 is 83.1 Å². The van der Waals surface area contributed by atoms with Crippen LogP contribution in [0.1, 0.15) is 87.5 Å². The second-order valence-electron chi connectivity index (χ2n) is 17.8. The van der Waals surface area contributed by atoms with Crippen LogP contribution >= 0.6 is 0 Å². The predicted molar refractivity (Wildman–Crippen MR) is 219 cm³/mol. The fourth-order valence-corrected chi connectivity index (χ4v) is 9.51. The number of likely N-dealkylation sites (N-methyl/N-ethyl adjacent to an activating group) is 1. The number of carbonyl (C=O) groups excluding carboxylic acids is 4. The summed E-state index contributed by atoms with van der Waals surface area (Å²) in [7, 11) is 5.04. The van der Waals surface area contributed by atoms with Crippen molar-refractivity contribution < 1.29 is 52.4 Å². The normalized spacial score (nSPS) is 37.1. The van der Waals surface area contributed by atoms with E-state index in [0.717, 1.165) is 12.5 Å². The smallest absolute Gasteiger partial charge is 0.410 e. The zero-order chi connectivity index (χ0) is 44.5. The lowest BCUT2D eigenvalue weighted by atomic mass is 9.73. The molecule has 0 aliphatic carbocycles. The van der Waals surface area contributed by atoms with Crippen LogP contribution in [0.15, 0.2) is 30.5 Å². The van der Waals surface area contributed by atoms with Crippen LogP contribution in [-0.2, 0) is 44.6 Å². The number of rotatable bonds is 11. The fourth-order valence-electron chi connectivity index (χ4n) is 9.51. The molecule has 17 heteroatoms. The summed E-state index contributed by atoms with van der Waals surface area (Å²) in [5.41, 5.74) is 1.80. The second-order valence-corrected chi connectivity index (χ2v) is 17.8. The topological polar surface area (TPSA) is 198 Å². The summed E-state index contributed by atoms with van der Waals surface area (Å²) in [4.78, 5) is 60.1. The number of nitrogens with zero attached hydrogens (tertiary/aromatic N) is 5. The number of aliphatic hydroxyl groups is 1. The number of aryl methyl sites for hydroxylation is 1. The number of carbonyl (C=O) groups is 4. The lowest BCUT2D eigenvalue weighted by Gasteiger charge is -2.47. The highest BCUT2D eigenvalue weighted by Crippen LogP contribution is 2.44. The van der Waals surface area contributed by atoms with E-state index in [9.17, 15) is 24.3 Å². The van der Waals surface area contributed by atoms with E-state index in [-0.39, 0.29) is 37.3 Å². The van der Waals surface area contributed by atoms with Gasteiger partial charge >= 0.3 is 12.1 Å². The van der Waals surface area contributed by atoms with Gasteiger partial charge in [0.1, 0.15) is 23.7 Å². The number of aromatic nitrogens is 3.